The number of halogens is 1. The molecule has 0 unspecified atom stereocenters. The van der Waals surface area contributed by atoms with Crippen LogP contribution < -0.4 is 10.2 Å². The Hall–Kier alpha value is -1.99. The Kier molecular flexibility index (Phi) is 8.00. The van der Waals surface area contributed by atoms with E-state index in [2.05, 4.69) is 33.0 Å². The monoisotopic (exact) mass is 420 g/mol. The average molecular weight is 421 g/mol. The van der Waals surface area contributed by atoms with Gasteiger partial charge in [0, 0.05) is 72.4 Å². The first-order chi connectivity index (χ1) is 14.1. The SMILES string of the molecule is CCNC(=NCCN1CCN(C(C)=O)CC1)N1CCN(c2ccccc2Cl)CC1. The zero-order valence-corrected chi connectivity index (χ0v) is 18.4. The molecule has 29 heavy (non-hydrogen) atoms. The number of amides is 1. The third-order valence-corrected chi connectivity index (χ3v) is 5.92. The minimum absolute atomic E-state index is 0.174. The largest absolute Gasteiger partial charge is 0.367 e. The first-order valence-corrected chi connectivity index (χ1v) is 11.0. The van der Waals surface area contributed by atoms with Crippen LogP contribution in [0.1, 0.15) is 13.8 Å². The highest BCUT2D eigenvalue weighted by Gasteiger charge is 2.21. The number of carbonyl (C=O) groups excluding carboxylic acids is 1. The molecule has 2 aliphatic rings. The second-order valence-corrected chi connectivity index (χ2v) is 7.92. The van der Waals surface area contributed by atoms with E-state index in [0.717, 1.165) is 88.7 Å². The fourth-order valence-electron chi connectivity index (χ4n) is 3.88. The Bertz CT molecular complexity index is 696. The number of nitrogens with zero attached hydrogens (tertiary/aromatic N) is 5. The van der Waals surface area contributed by atoms with Gasteiger partial charge in [-0.05, 0) is 19.1 Å². The zero-order valence-electron chi connectivity index (χ0n) is 17.6. The van der Waals surface area contributed by atoms with Gasteiger partial charge in [-0.2, -0.15) is 0 Å². The van der Waals surface area contributed by atoms with Crippen molar-refractivity contribution in [3.8, 4) is 0 Å². The van der Waals surface area contributed by atoms with Crippen molar-refractivity contribution >= 4 is 29.2 Å². The Balaban J connectivity index is 1.48. The summed E-state index contributed by atoms with van der Waals surface area (Å²) in [6.07, 6.45) is 0. The molecule has 0 bridgehead atoms. The van der Waals surface area contributed by atoms with Gasteiger partial charge < -0.3 is 20.0 Å². The molecule has 0 aliphatic carbocycles. The lowest BCUT2D eigenvalue weighted by molar-refractivity contribution is -0.130. The first-order valence-electron chi connectivity index (χ1n) is 10.6. The normalized spacial score (nSPS) is 18.9. The van der Waals surface area contributed by atoms with Crippen molar-refractivity contribution in [3.05, 3.63) is 29.3 Å². The molecule has 1 amide bonds. The highest BCUT2D eigenvalue weighted by atomic mass is 35.5. The molecule has 0 atom stereocenters. The number of nitrogens with one attached hydrogen (secondary N) is 1. The van der Waals surface area contributed by atoms with Crippen LogP contribution in [0.15, 0.2) is 29.3 Å². The Labute approximate surface area is 179 Å². The average Bonchev–Trinajstić information content (AvgIpc) is 2.74. The summed E-state index contributed by atoms with van der Waals surface area (Å²) in [6, 6.07) is 8.04. The van der Waals surface area contributed by atoms with Gasteiger partial charge in [0.2, 0.25) is 5.91 Å². The van der Waals surface area contributed by atoms with Crippen molar-refractivity contribution in [1.82, 2.24) is 20.0 Å². The molecule has 2 fully saturated rings. The maximum absolute atomic E-state index is 11.4. The second-order valence-electron chi connectivity index (χ2n) is 7.51. The van der Waals surface area contributed by atoms with Crippen molar-refractivity contribution in [2.24, 2.45) is 4.99 Å². The summed E-state index contributed by atoms with van der Waals surface area (Å²) >= 11 is 6.36. The van der Waals surface area contributed by atoms with Crippen LogP contribution >= 0.6 is 11.6 Å². The molecule has 3 rings (SSSR count). The number of piperazine rings is 2. The number of carbonyl (C=O) groups is 1. The van der Waals surface area contributed by atoms with Crippen molar-refractivity contribution < 1.29 is 4.79 Å². The van der Waals surface area contributed by atoms with Gasteiger partial charge in [0.1, 0.15) is 0 Å². The van der Waals surface area contributed by atoms with Crippen LogP contribution in [-0.4, -0.2) is 98.6 Å². The number of anilines is 1. The molecule has 1 N–H and O–H groups in total. The predicted octanol–water partition coefficient (Wildman–Crippen LogP) is 1.59. The molecule has 0 spiro atoms. The molecule has 160 valence electrons. The lowest BCUT2D eigenvalue weighted by atomic mass is 10.2. The minimum Gasteiger partial charge on any atom is -0.367 e. The number of benzene rings is 1. The topological polar surface area (TPSA) is 54.4 Å². The highest BCUT2D eigenvalue weighted by Crippen LogP contribution is 2.26. The van der Waals surface area contributed by atoms with Crippen molar-refractivity contribution in [2.45, 2.75) is 13.8 Å². The van der Waals surface area contributed by atoms with Crippen LogP contribution in [0.4, 0.5) is 5.69 Å². The number of para-hydroxylation sites is 1. The van der Waals surface area contributed by atoms with E-state index in [-0.39, 0.29) is 5.91 Å². The van der Waals surface area contributed by atoms with Gasteiger partial charge in [-0.15, -0.1) is 0 Å². The predicted molar refractivity (Wildman–Crippen MR) is 120 cm³/mol. The van der Waals surface area contributed by atoms with Gasteiger partial charge in [-0.25, -0.2) is 0 Å². The molecule has 8 heteroatoms. The molecule has 0 radical (unpaired) electrons. The van der Waals surface area contributed by atoms with Gasteiger partial charge in [0.25, 0.3) is 0 Å². The smallest absolute Gasteiger partial charge is 0.219 e. The minimum atomic E-state index is 0.174. The van der Waals surface area contributed by atoms with E-state index in [4.69, 9.17) is 16.6 Å². The van der Waals surface area contributed by atoms with Crippen molar-refractivity contribution in [1.29, 1.82) is 0 Å². The van der Waals surface area contributed by atoms with Gasteiger partial charge in [-0.1, -0.05) is 23.7 Å². The third kappa shape index (κ3) is 6.00. The number of rotatable bonds is 5. The quantitative estimate of drug-likeness (QED) is 0.579. The fourth-order valence-corrected chi connectivity index (χ4v) is 4.13. The maximum Gasteiger partial charge on any atom is 0.219 e. The van der Waals surface area contributed by atoms with Gasteiger partial charge in [0.15, 0.2) is 5.96 Å². The van der Waals surface area contributed by atoms with E-state index in [1.54, 1.807) is 6.92 Å². The number of hydrogen-bond donors (Lipinski definition) is 1. The number of guanidine groups is 1. The van der Waals surface area contributed by atoms with Crippen LogP contribution in [0.25, 0.3) is 0 Å². The lowest BCUT2D eigenvalue weighted by Gasteiger charge is -2.38. The van der Waals surface area contributed by atoms with Crippen LogP contribution in [0.2, 0.25) is 5.02 Å². The van der Waals surface area contributed by atoms with E-state index in [1.807, 2.05) is 23.1 Å². The molecule has 1 aromatic rings. The molecule has 0 saturated carbocycles. The van der Waals surface area contributed by atoms with Gasteiger partial charge in [-0.3, -0.25) is 14.7 Å². The lowest BCUT2D eigenvalue weighted by Crippen LogP contribution is -2.53. The molecule has 7 nitrogen and oxygen atoms in total. The highest BCUT2D eigenvalue weighted by molar-refractivity contribution is 6.33. The van der Waals surface area contributed by atoms with E-state index in [0.29, 0.717) is 0 Å². The first kappa shape index (κ1) is 21.7. The summed E-state index contributed by atoms with van der Waals surface area (Å²) in [5, 5.41) is 4.25. The molecular weight excluding hydrogens is 388 g/mol. The van der Waals surface area contributed by atoms with Crippen LogP contribution in [0.5, 0.6) is 0 Å². The third-order valence-electron chi connectivity index (χ3n) is 5.60. The van der Waals surface area contributed by atoms with Crippen LogP contribution in [0.3, 0.4) is 0 Å². The number of aliphatic imine (C=N–C) groups is 1. The van der Waals surface area contributed by atoms with E-state index >= 15 is 0 Å². The standard InChI is InChI=1S/C21H33ClN6O/c1-3-23-21(24-8-9-25-10-12-26(13-11-25)18(2)29)28-16-14-27(15-17-28)20-7-5-4-6-19(20)22/h4-7H,3,8-17H2,1-2H3,(H,23,24). The van der Waals surface area contributed by atoms with Gasteiger partial charge in [0.05, 0.1) is 17.3 Å². The summed E-state index contributed by atoms with van der Waals surface area (Å²) in [5.74, 6) is 1.17. The van der Waals surface area contributed by atoms with Crippen molar-refractivity contribution in [2.75, 3.05) is 76.9 Å². The molecule has 2 aliphatic heterocycles. The Morgan fingerprint density at radius 1 is 1.03 bits per heavy atom. The summed E-state index contributed by atoms with van der Waals surface area (Å²) in [6.45, 7) is 13.5. The summed E-state index contributed by atoms with van der Waals surface area (Å²) in [4.78, 5) is 25.3. The molecule has 0 aromatic heterocycles. The maximum atomic E-state index is 11.4. The summed E-state index contributed by atoms with van der Waals surface area (Å²) < 4.78 is 0. The van der Waals surface area contributed by atoms with Crippen LogP contribution in [-0.2, 0) is 4.79 Å². The van der Waals surface area contributed by atoms with Crippen molar-refractivity contribution in [3.63, 3.8) is 0 Å². The zero-order chi connectivity index (χ0) is 20.6. The molecule has 2 saturated heterocycles. The number of hydrogen-bond acceptors (Lipinski definition) is 4. The second kappa shape index (κ2) is 10.7. The molecular formula is C21H33ClN6O. The van der Waals surface area contributed by atoms with E-state index in [9.17, 15) is 4.79 Å². The van der Waals surface area contributed by atoms with Gasteiger partial charge >= 0.3 is 0 Å². The molecule has 1 aromatic carbocycles. The summed E-state index contributed by atoms with van der Waals surface area (Å²) in [7, 11) is 0. The summed E-state index contributed by atoms with van der Waals surface area (Å²) in [5.41, 5.74) is 1.11. The fraction of sp³-hybridized carbons (Fsp3) is 0.619. The Morgan fingerprint density at radius 2 is 1.69 bits per heavy atom. The Morgan fingerprint density at radius 3 is 2.31 bits per heavy atom. The van der Waals surface area contributed by atoms with E-state index < -0.39 is 0 Å². The van der Waals surface area contributed by atoms with E-state index in [1.165, 1.54) is 0 Å². The molecule has 2 heterocycles. The van der Waals surface area contributed by atoms with Crippen LogP contribution in [0, 0.1) is 0 Å².